The normalized spacial score (nSPS) is 14.2. The van der Waals surface area contributed by atoms with Gasteiger partial charge in [0.05, 0.1) is 17.0 Å². The van der Waals surface area contributed by atoms with Crippen molar-refractivity contribution in [2.45, 2.75) is 18.3 Å². The molecule has 0 aliphatic carbocycles. The molecule has 45 heavy (non-hydrogen) atoms. The Balaban J connectivity index is 1.56. The number of primary amides is 1. The number of ether oxygens (including phenoxy) is 1. The minimum Gasteiger partial charge on any atom is -0.489 e. The monoisotopic (exact) mass is 685 g/mol. The molecule has 1 saturated heterocycles. The van der Waals surface area contributed by atoms with Crippen LogP contribution in [0.25, 0.3) is 21.6 Å². The number of piperidine rings is 1. The molecule has 3 amide bonds. The largest absolute Gasteiger partial charge is 0.489 e. The van der Waals surface area contributed by atoms with Crippen LogP contribution in [-0.2, 0) is 15.0 Å². The Kier molecular flexibility index (Phi) is 10.4. The van der Waals surface area contributed by atoms with Gasteiger partial charge in [-0.2, -0.15) is 0 Å². The van der Waals surface area contributed by atoms with Gasteiger partial charge < -0.3 is 25.8 Å². The molecule has 0 atom stereocenters. The van der Waals surface area contributed by atoms with E-state index in [1.807, 2.05) is 42.5 Å². The van der Waals surface area contributed by atoms with E-state index < -0.39 is 23.8 Å². The fraction of sp³-hybridized carbons (Fsp3) is 0.242. The lowest BCUT2D eigenvalue weighted by molar-refractivity contribution is -0.125. The van der Waals surface area contributed by atoms with Gasteiger partial charge in [-0.3, -0.25) is 14.4 Å². The Hall–Kier alpha value is -3.60. The lowest BCUT2D eigenvalue weighted by atomic mass is 9.72. The molecule has 4 N–H and O–H groups in total. The number of nitrogens with zero attached hydrogens (tertiary/aromatic N) is 1. The molecule has 8 nitrogen and oxygen atoms in total. The molecule has 0 saturated carbocycles. The van der Waals surface area contributed by atoms with Crippen LogP contribution in [0.2, 0.25) is 15.1 Å². The maximum atomic E-state index is 14.3. The fourth-order valence-electron chi connectivity index (χ4n) is 5.51. The minimum absolute atomic E-state index is 0.0237. The van der Waals surface area contributed by atoms with Gasteiger partial charge in [0.15, 0.2) is 5.75 Å². The highest BCUT2D eigenvalue weighted by Gasteiger charge is 2.43. The molecule has 1 aliphatic rings. The predicted octanol–water partition coefficient (Wildman–Crippen LogP) is 6.19. The zero-order valence-corrected chi connectivity index (χ0v) is 27.1. The first kappa shape index (κ1) is 32.8. The first-order valence-corrected chi connectivity index (χ1v) is 16.1. The number of aliphatic hydroxyl groups is 1. The molecular formula is C33H30Cl3N3O5S. The molecule has 3 aromatic carbocycles. The molecule has 4 aromatic rings. The summed E-state index contributed by atoms with van der Waals surface area (Å²) >= 11 is 20.3. The van der Waals surface area contributed by atoms with Crippen LogP contribution in [0.3, 0.4) is 0 Å². The van der Waals surface area contributed by atoms with E-state index in [2.05, 4.69) is 5.32 Å². The van der Waals surface area contributed by atoms with E-state index in [0.717, 1.165) is 11.1 Å². The van der Waals surface area contributed by atoms with E-state index in [0.29, 0.717) is 67.6 Å². The van der Waals surface area contributed by atoms with Crippen molar-refractivity contribution >= 4 is 63.9 Å². The Morgan fingerprint density at radius 2 is 1.62 bits per heavy atom. The summed E-state index contributed by atoms with van der Waals surface area (Å²) in [5.74, 6) is -0.916. The number of nitrogens with one attached hydrogen (secondary N) is 1. The molecular weight excluding hydrogens is 657 g/mol. The summed E-state index contributed by atoms with van der Waals surface area (Å²) in [5.41, 5.74) is 7.92. The number of aliphatic hydroxyl groups excluding tert-OH is 1. The quantitative estimate of drug-likeness (QED) is 0.172. The average molecular weight is 687 g/mol. The smallest absolute Gasteiger partial charge is 0.267 e. The molecule has 5 rings (SSSR count). The van der Waals surface area contributed by atoms with Crippen molar-refractivity contribution in [1.82, 2.24) is 10.2 Å². The summed E-state index contributed by atoms with van der Waals surface area (Å²) in [5, 5.41) is 13.0. The Morgan fingerprint density at radius 1 is 0.956 bits per heavy atom. The zero-order chi connectivity index (χ0) is 32.1. The molecule has 234 valence electrons. The number of likely N-dealkylation sites (tertiary alicyclic amines) is 1. The van der Waals surface area contributed by atoms with Gasteiger partial charge in [0.25, 0.3) is 5.91 Å². The van der Waals surface area contributed by atoms with Crippen molar-refractivity contribution in [3.63, 3.8) is 0 Å². The first-order chi connectivity index (χ1) is 21.6. The fourth-order valence-corrected chi connectivity index (χ4v) is 7.47. The van der Waals surface area contributed by atoms with Crippen molar-refractivity contribution in [2.24, 2.45) is 5.73 Å². The van der Waals surface area contributed by atoms with Crippen LogP contribution >= 0.6 is 46.1 Å². The summed E-state index contributed by atoms with van der Waals surface area (Å²) in [6.45, 7) is 0.0712. The average Bonchev–Trinajstić information content (AvgIpc) is 3.42. The SMILES string of the molecule is NC(=O)C1(c2ccccc2)CCN(C(=O)c2sc(-c3ccc(Cl)cc3Cl)c(-c3ccc(Cl)cc3)c2OCCNC(=O)CO)CC1. The van der Waals surface area contributed by atoms with Crippen molar-refractivity contribution in [3.05, 3.63) is 98.3 Å². The summed E-state index contributed by atoms with van der Waals surface area (Å²) in [6.07, 6.45) is 0.736. The number of carbonyl (C=O) groups excluding carboxylic acids is 3. The maximum absolute atomic E-state index is 14.3. The van der Waals surface area contributed by atoms with Crippen molar-refractivity contribution in [1.29, 1.82) is 0 Å². The number of amides is 3. The van der Waals surface area contributed by atoms with Gasteiger partial charge in [-0.15, -0.1) is 11.3 Å². The molecule has 0 unspecified atom stereocenters. The van der Waals surface area contributed by atoms with Crippen molar-refractivity contribution in [3.8, 4) is 27.3 Å². The second kappa shape index (κ2) is 14.2. The predicted molar refractivity (Wildman–Crippen MR) is 178 cm³/mol. The highest BCUT2D eigenvalue weighted by molar-refractivity contribution is 7.18. The van der Waals surface area contributed by atoms with Gasteiger partial charge in [-0.05, 0) is 48.2 Å². The molecule has 0 bridgehead atoms. The molecule has 2 heterocycles. The van der Waals surface area contributed by atoms with E-state index in [1.54, 1.807) is 35.2 Å². The standard InChI is InChI=1S/C33H30Cl3N3O5S/c34-22-8-6-20(7-9-22)27-28(44-17-14-38-26(41)19-40)30(45-29(27)24-11-10-23(35)18-25(24)36)31(42)39-15-12-33(13-16-39,32(37)43)21-4-2-1-3-5-21/h1-11,18,40H,12-17,19H2,(H2,37,43)(H,38,41). The summed E-state index contributed by atoms with van der Waals surface area (Å²) in [4.78, 5) is 41.4. The van der Waals surface area contributed by atoms with Gasteiger partial charge in [0.2, 0.25) is 11.8 Å². The maximum Gasteiger partial charge on any atom is 0.267 e. The van der Waals surface area contributed by atoms with Crippen LogP contribution < -0.4 is 15.8 Å². The number of rotatable bonds is 10. The van der Waals surface area contributed by atoms with E-state index in [-0.39, 0.29) is 19.1 Å². The number of carbonyl (C=O) groups is 3. The Morgan fingerprint density at radius 3 is 2.24 bits per heavy atom. The number of halogens is 3. The van der Waals surface area contributed by atoms with Crippen molar-refractivity contribution < 1.29 is 24.2 Å². The molecule has 1 aromatic heterocycles. The first-order valence-electron chi connectivity index (χ1n) is 14.2. The number of hydrogen-bond acceptors (Lipinski definition) is 6. The van der Waals surface area contributed by atoms with Crippen LogP contribution in [0.5, 0.6) is 5.75 Å². The lowest BCUT2D eigenvalue weighted by Crippen LogP contribution is -2.51. The third kappa shape index (κ3) is 6.98. The van der Waals surface area contributed by atoms with Crippen LogP contribution in [0.1, 0.15) is 28.1 Å². The lowest BCUT2D eigenvalue weighted by Gasteiger charge is -2.40. The second-order valence-electron chi connectivity index (χ2n) is 10.6. The number of benzene rings is 3. The van der Waals surface area contributed by atoms with Crippen LogP contribution in [0, 0.1) is 0 Å². The topological polar surface area (TPSA) is 122 Å². The van der Waals surface area contributed by atoms with Crippen molar-refractivity contribution in [2.75, 3.05) is 32.8 Å². The number of thiophene rings is 1. The molecule has 1 aliphatic heterocycles. The minimum atomic E-state index is -0.881. The Labute approximate surface area is 279 Å². The third-order valence-electron chi connectivity index (χ3n) is 7.88. The van der Waals surface area contributed by atoms with Gasteiger partial charge in [-0.25, -0.2) is 0 Å². The molecule has 1 fully saturated rings. The second-order valence-corrected chi connectivity index (χ2v) is 12.9. The van der Waals surface area contributed by atoms with Gasteiger partial charge in [-0.1, -0.05) is 83.3 Å². The number of nitrogens with two attached hydrogens (primary N) is 1. The van der Waals surface area contributed by atoms with E-state index in [9.17, 15) is 14.4 Å². The van der Waals surface area contributed by atoms with Crippen LogP contribution in [0.15, 0.2) is 72.8 Å². The Bertz CT molecular complexity index is 1700. The molecule has 0 spiro atoms. The zero-order valence-electron chi connectivity index (χ0n) is 24.0. The summed E-state index contributed by atoms with van der Waals surface area (Å²) in [6, 6.07) is 21.7. The summed E-state index contributed by atoms with van der Waals surface area (Å²) < 4.78 is 6.26. The highest BCUT2D eigenvalue weighted by Crippen LogP contribution is 2.51. The van der Waals surface area contributed by atoms with Crippen LogP contribution in [0.4, 0.5) is 0 Å². The summed E-state index contributed by atoms with van der Waals surface area (Å²) in [7, 11) is 0. The van der Waals surface area contributed by atoms with Gasteiger partial charge in [0.1, 0.15) is 18.1 Å². The van der Waals surface area contributed by atoms with E-state index in [4.69, 9.17) is 50.4 Å². The van der Waals surface area contributed by atoms with E-state index in [1.165, 1.54) is 11.3 Å². The van der Waals surface area contributed by atoms with Gasteiger partial charge >= 0.3 is 0 Å². The van der Waals surface area contributed by atoms with Crippen LogP contribution in [-0.4, -0.2) is 60.6 Å². The molecule has 12 heteroatoms. The van der Waals surface area contributed by atoms with Gasteiger partial charge in [0, 0.05) is 39.1 Å². The highest BCUT2D eigenvalue weighted by atomic mass is 35.5. The van der Waals surface area contributed by atoms with E-state index >= 15 is 0 Å². The number of hydrogen-bond donors (Lipinski definition) is 3. The third-order valence-corrected chi connectivity index (χ3v) is 9.88. The molecule has 0 radical (unpaired) electrons.